The average Bonchev–Trinajstić information content (AvgIpc) is 2.45. The highest BCUT2D eigenvalue weighted by Gasteiger charge is 2.17. The van der Waals surface area contributed by atoms with E-state index in [0.717, 1.165) is 19.5 Å². The van der Waals surface area contributed by atoms with Gasteiger partial charge in [0.25, 0.3) is 11.6 Å². The highest BCUT2D eigenvalue weighted by atomic mass is 16.6. The lowest BCUT2D eigenvalue weighted by Gasteiger charge is -2.12. The molecular formula is C14H22N4O3. The van der Waals surface area contributed by atoms with Crippen molar-refractivity contribution in [1.82, 2.24) is 10.2 Å². The van der Waals surface area contributed by atoms with Crippen LogP contribution in [0.3, 0.4) is 0 Å². The number of hydrogen-bond donors (Lipinski definition) is 2. The SMILES string of the molecule is CCNCCCNc1cc(C(=O)N(C)C)ccc1[N+](=O)[O-]. The number of nitro benzene ring substituents is 1. The van der Waals surface area contributed by atoms with Gasteiger partial charge < -0.3 is 15.5 Å². The maximum atomic E-state index is 11.9. The molecule has 2 N–H and O–H groups in total. The lowest BCUT2D eigenvalue weighted by Crippen LogP contribution is -2.22. The summed E-state index contributed by atoms with van der Waals surface area (Å²) in [6.45, 7) is 4.36. The molecule has 0 heterocycles. The Kier molecular flexibility index (Phi) is 6.61. The van der Waals surface area contributed by atoms with E-state index in [1.54, 1.807) is 14.1 Å². The van der Waals surface area contributed by atoms with Gasteiger partial charge in [-0.1, -0.05) is 6.92 Å². The number of anilines is 1. The summed E-state index contributed by atoms with van der Waals surface area (Å²) in [5, 5.41) is 17.2. The van der Waals surface area contributed by atoms with Gasteiger partial charge >= 0.3 is 0 Å². The Hall–Kier alpha value is -2.15. The Morgan fingerprint density at radius 2 is 2.05 bits per heavy atom. The van der Waals surface area contributed by atoms with E-state index in [9.17, 15) is 14.9 Å². The fraction of sp³-hybridized carbons (Fsp3) is 0.500. The van der Waals surface area contributed by atoms with Crippen molar-refractivity contribution in [3.63, 3.8) is 0 Å². The van der Waals surface area contributed by atoms with Crippen LogP contribution in [-0.4, -0.2) is 49.5 Å². The number of benzene rings is 1. The van der Waals surface area contributed by atoms with Crippen LogP contribution in [0.1, 0.15) is 23.7 Å². The molecule has 0 spiro atoms. The van der Waals surface area contributed by atoms with Gasteiger partial charge in [-0.25, -0.2) is 0 Å². The Morgan fingerprint density at radius 1 is 1.33 bits per heavy atom. The zero-order chi connectivity index (χ0) is 15.8. The average molecular weight is 294 g/mol. The molecular weight excluding hydrogens is 272 g/mol. The lowest BCUT2D eigenvalue weighted by atomic mass is 10.1. The minimum Gasteiger partial charge on any atom is -0.379 e. The van der Waals surface area contributed by atoms with Crippen molar-refractivity contribution in [2.45, 2.75) is 13.3 Å². The van der Waals surface area contributed by atoms with E-state index in [1.165, 1.54) is 23.1 Å². The largest absolute Gasteiger partial charge is 0.379 e. The standard InChI is InChI=1S/C14H22N4O3/c1-4-15-8-5-9-16-12-10-11(14(19)17(2)3)6-7-13(12)18(20)21/h6-7,10,15-16H,4-5,8-9H2,1-3H3. The number of nitrogens with one attached hydrogen (secondary N) is 2. The molecule has 0 radical (unpaired) electrons. The maximum Gasteiger partial charge on any atom is 0.292 e. The van der Waals surface area contributed by atoms with Gasteiger partial charge in [0.05, 0.1) is 4.92 Å². The van der Waals surface area contributed by atoms with Crippen molar-refractivity contribution in [2.24, 2.45) is 0 Å². The van der Waals surface area contributed by atoms with Crippen LogP contribution in [0, 0.1) is 10.1 Å². The molecule has 0 unspecified atom stereocenters. The second-order valence-electron chi connectivity index (χ2n) is 4.82. The van der Waals surface area contributed by atoms with Crippen LogP contribution in [-0.2, 0) is 0 Å². The zero-order valence-electron chi connectivity index (χ0n) is 12.7. The van der Waals surface area contributed by atoms with Crippen molar-refractivity contribution < 1.29 is 9.72 Å². The lowest BCUT2D eigenvalue weighted by molar-refractivity contribution is -0.384. The molecule has 7 heteroatoms. The predicted molar refractivity (Wildman–Crippen MR) is 82.8 cm³/mol. The van der Waals surface area contributed by atoms with Gasteiger partial charge in [0.1, 0.15) is 5.69 Å². The van der Waals surface area contributed by atoms with Gasteiger partial charge in [0.2, 0.25) is 0 Å². The molecule has 0 aromatic heterocycles. The summed E-state index contributed by atoms with van der Waals surface area (Å²) in [5.41, 5.74) is 0.790. The van der Waals surface area contributed by atoms with Gasteiger partial charge in [0, 0.05) is 32.3 Å². The van der Waals surface area contributed by atoms with E-state index < -0.39 is 4.92 Å². The number of rotatable bonds is 8. The zero-order valence-corrected chi connectivity index (χ0v) is 12.7. The predicted octanol–water partition coefficient (Wildman–Crippen LogP) is 1.71. The number of carbonyl (C=O) groups is 1. The van der Waals surface area contributed by atoms with Crippen molar-refractivity contribution in [3.8, 4) is 0 Å². The highest BCUT2D eigenvalue weighted by molar-refractivity contribution is 5.95. The molecule has 21 heavy (non-hydrogen) atoms. The Bertz CT molecular complexity index is 503. The smallest absolute Gasteiger partial charge is 0.292 e. The normalized spacial score (nSPS) is 10.2. The number of nitrogens with zero attached hydrogens (tertiary/aromatic N) is 2. The van der Waals surface area contributed by atoms with E-state index in [4.69, 9.17) is 0 Å². The van der Waals surface area contributed by atoms with Crippen molar-refractivity contribution in [3.05, 3.63) is 33.9 Å². The summed E-state index contributed by atoms with van der Waals surface area (Å²) in [5.74, 6) is -0.180. The summed E-state index contributed by atoms with van der Waals surface area (Å²) >= 11 is 0. The summed E-state index contributed by atoms with van der Waals surface area (Å²) in [6.07, 6.45) is 0.844. The van der Waals surface area contributed by atoms with Crippen LogP contribution < -0.4 is 10.6 Å². The Labute approximate surface area is 124 Å². The van der Waals surface area contributed by atoms with Gasteiger partial charge in [0.15, 0.2) is 0 Å². The molecule has 7 nitrogen and oxygen atoms in total. The fourth-order valence-corrected chi connectivity index (χ4v) is 1.84. The van der Waals surface area contributed by atoms with Crippen LogP contribution in [0.5, 0.6) is 0 Å². The van der Waals surface area contributed by atoms with Crippen LogP contribution in [0.4, 0.5) is 11.4 Å². The molecule has 0 fully saturated rings. The summed E-state index contributed by atoms with van der Waals surface area (Å²) < 4.78 is 0. The minimum atomic E-state index is -0.448. The molecule has 1 aromatic carbocycles. The van der Waals surface area contributed by atoms with Gasteiger partial charge in [-0.2, -0.15) is 0 Å². The van der Waals surface area contributed by atoms with Crippen LogP contribution >= 0.6 is 0 Å². The molecule has 0 atom stereocenters. The number of nitro groups is 1. The quantitative estimate of drug-likeness (QED) is 0.433. The van der Waals surface area contributed by atoms with E-state index in [-0.39, 0.29) is 11.6 Å². The maximum absolute atomic E-state index is 11.9. The first-order chi connectivity index (χ1) is 9.97. The van der Waals surface area contributed by atoms with Gasteiger partial charge in [-0.15, -0.1) is 0 Å². The van der Waals surface area contributed by atoms with Crippen molar-refractivity contribution in [2.75, 3.05) is 39.0 Å². The second-order valence-corrected chi connectivity index (χ2v) is 4.82. The number of carbonyl (C=O) groups excluding carboxylic acids is 1. The van der Waals surface area contributed by atoms with Gasteiger partial charge in [-0.3, -0.25) is 14.9 Å². The van der Waals surface area contributed by atoms with E-state index >= 15 is 0 Å². The Morgan fingerprint density at radius 3 is 2.62 bits per heavy atom. The third-order valence-electron chi connectivity index (χ3n) is 2.94. The monoisotopic (exact) mass is 294 g/mol. The molecule has 1 amide bonds. The van der Waals surface area contributed by atoms with E-state index in [1.807, 2.05) is 6.92 Å². The molecule has 0 aliphatic carbocycles. The van der Waals surface area contributed by atoms with Crippen LogP contribution in [0.15, 0.2) is 18.2 Å². The van der Waals surface area contributed by atoms with Gasteiger partial charge in [-0.05, 0) is 31.6 Å². The summed E-state index contributed by atoms with van der Waals surface area (Å²) in [4.78, 5) is 23.9. The third-order valence-corrected chi connectivity index (χ3v) is 2.94. The number of amides is 1. The first-order valence-corrected chi connectivity index (χ1v) is 6.92. The first-order valence-electron chi connectivity index (χ1n) is 6.92. The van der Waals surface area contributed by atoms with E-state index in [2.05, 4.69) is 10.6 Å². The minimum absolute atomic E-state index is 0.0197. The topological polar surface area (TPSA) is 87.5 Å². The molecule has 116 valence electrons. The molecule has 0 aliphatic rings. The third kappa shape index (κ3) is 5.03. The first kappa shape index (κ1) is 16.9. The molecule has 1 aromatic rings. The molecule has 0 bridgehead atoms. The molecule has 1 rings (SSSR count). The molecule has 0 aliphatic heterocycles. The Balaban J connectivity index is 2.84. The van der Waals surface area contributed by atoms with Crippen molar-refractivity contribution in [1.29, 1.82) is 0 Å². The molecule has 0 saturated heterocycles. The van der Waals surface area contributed by atoms with Crippen molar-refractivity contribution >= 4 is 17.3 Å². The fourth-order valence-electron chi connectivity index (χ4n) is 1.84. The summed E-state index contributed by atoms with van der Waals surface area (Å²) in [7, 11) is 3.29. The number of hydrogen-bond acceptors (Lipinski definition) is 5. The summed E-state index contributed by atoms with van der Waals surface area (Å²) in [6, 6.07) is 4.38. The highest BCUT2D eigenvalue weighted by Crippen LogP contribution is 2.25. The molecule has 0 saturated carbocycles. The van der Waals surface area contributed by atoms with Crippen LogP contribution in [0.25, 0.3) is 0 Å². The van der Waals surface area contributed by atoms with Crippen LogP contribution in [0.2, 0.25) is 0 Å². The second kappa shape index (κ2) is 8.21. The van der Waals surface area contributed by atoms with E-state index in [0.29, 0.717) is 17.8 Å².